The molecule has 2 aromatic carbocycles. The zero-order valence-corrected chi connectivity index (χ0v) is 16.0. The molecular weight excluding hydrogens is 343 g/mol. The minimum Gasteiger partial charge on any atom is -0.497 e. The maximum absolute atomic E-state index is 14.4. The Morgan fingerprint density at radius 1 is 1.19 bits per heavy atom. The van der Waals surface area contributed by atoms with Gasteiger partial charge in [0.25, 0.3) is 5.91 Å². The van der Waals surface area contributed by atoms with Gasteiger partial charge in [0.05, 0.1) is 7.11 Å². The van der Waals surface area contributed by atoms with Gasteiger partial charge in [-0.05, 0) is 61.7 Å². The maximum atomic E-state index is 14.4. The van der Waals surface area contributed by atoms with E-state index in [1.807, 2.05) is 23.1 Å². The molecule has 4 rings (SSSR count). The molecule has 2 aromatic rings. The summed E-state index contributed by atoms with van der Waals surface area (Å²) in [5, 5.41) is 0. The fraction of sp³-hybridized carbons (Fsp3) is 0.409. The lowest BCUT2D eigenvalue weighted by molar-refractivity contribution is 0.0765. The molecule has 0 aromatic heterocycles. The second-order valence-corrected chi connectivity index (χ2v) is 7.89. The van der Waals surface area contributed by atoms with Crippen LogP contribution in [0.5, 0.6) is 5.75 Å². The molecule has 0 N–H and O–H groups in total. The summed E-state index contributed by atoms with van der Waals surface area (Å²) in [7, 11) is 5.71. The number of halogens is 1. The van der Waals surface area contributed by atoms with Crippen molar-refractivity contribution in [3.05, 3.63) is 53.8 Å². The normalized spacial score (nSPS) is 23.4. The summed E-state index contributed by atoms with van der Waals surface area (Å²) < 4.78 is 19.4. The topological polar surface area (TPSA) is 32.8 Å². The van der Waals surface area contributed by atoms with Crippen LogP contribution in [-0.2, 0) is 0 Å². The Morgan fingerprint density at radius 2 is 1.93 bits per heavy atom. The second kappa shape index (κ2) is 6.97. The fourth-order valence-corrected chi connectivity index (χ4v) is 4.37. The number of ether oxygens (including phenoxy) is 1. The first-order valence-electron chi connectivity index (χ1n) is 9.36. The van der Waals surface area contributed by atoms with Gasteiger partial charge in [0.1, 0.15) is 11.6 Å². The van der Waals surface area contributed by atoms with Crippen molar-refractivity contribution in [1.82, 2.24) is 9.80 Å². The lowest BCUT2D eigenvalue weighted by Gasteiger charge is -2.21. The van der Waals surface area contributed by atoms with Gasteiger partial charge in [-0.15, -0.1) is 0 Å². The zero-order chi connectivity index (χ0) is 19.1. The highest BCUT2D eigenvalue weighted by molar-refractivity contribution is 5.95. The Kier molecular flexibility index (Phi) is 4.64. The largest absolute Gasteiger partial charge is 0.497 e. The smallest absolute Gasteiger partial charge is 0.253 e. The second-order valence-electron chi connectivity index (χ2n) is 7.89. The number of methoxy groups -OCH3 is 1. The number of hydrogen-bond acceptors (Lipinski definition) is 3. The number of benzene rings is 2. The number of amides is 1. The minimum absolute atomic E-state index is 0.0431. The highest BCUT2D eigenvalue weighted by Gasteiger charge is 2.56. The highest BCUT2D eigenvalue weighted by Crippen LogP contribution is 2.52. The van der Waals surface area contributed by atoms with E-state index < -0.39 is 0 Å². The summed E-state index contributed by atoms with van der Waals surface area (Å²) in [5.74, 6) is 2.17. The third-order valence-corrected chi connectivity index (χ3v) is 5.83. The molecule has 1 aliphatic heterocycles. The van der Waals surface area contributed by atoms with Crippen molar-refractivity contribution in [2.75, 3.05) is 40.8 Å². The molecule has 5 heteroatoms. The summed E-state index contributed by atoms with van der Waals surface area (Å²) in [6.45, 7) is 2.77. The van der Waals surface area contributed by atoms with E-state index in [1.54, 1.807) is 18.2 Å². The van der Waals surface area contributed by atoms with Gasteiger partial charge >= 0.3 is 0 Å². The van der Waals surface area contributed by atoms with Crippen LogP contribution in [0, 0.1) is 23.6 Å². The quantitative estimate of drug-likeness (QED) is 0.811. The van der Waals surface area contributed by atoms with Crippen molar-refractivity contribution in [3.8, 4) is 16.9 Å². The van der Waals surface area contributed by atoms with Gasteiger partial charge in [0.15, 0.2) is 0 Å². The summed E-state index contributed by atoms with van der Waals surface area (Å²) in [6, 6.07) is 12.0. The standard InChI is InChI=1S/C22H25FN2O2/c1-24(2)11-18-19-12-25(13-20(18)19)22(26)15-6-4-5-14(9-15)17-8-7-16(27-3)10-21(17)23/h4-10,18-20H,11-13H2,1-3H3/t18?,19-,20+. The molecule has 1 amide bonds. The number of carbonyl (C=O) groups excluding carboxylic acids is 1. The summed E-state index contributed by atoms with van der Waals surface area (Å²) in [5.41, 5.74) is 1.80. The lowest BCUT2D eigenvalue weighted by atomic mass is 10.0. The van der Waals surface area contributed by atoms with Gasteiger partial charge in [0, 0.05) is 36.8 Å². The molecular formula is C22H25FN2O2. The highest BCUT2D eigenvalue weighted by atomic mass is 19.1. The molecule has 2 fully saturated rings. The average Bonchev–Trinajstić information content (AvgIpc) is 3.09. The van der Waals surface area contributed by atoms with E-state index >= 15 is 0 Å². The Bertz CT molecular complexity index is 855. The summed E-state index contributed by atoms with van der Waals surface area (Å²) >= 11 is 0. The number of carbonyl (C=O) groups is 1. The van der Waals surface area contributed by atoms with E-state index in [-0.39, 0.29) is 11.7 Å². The van der Waals surface area contributed by atoms with Crippen molar-refractivity contribution in [3.63, 3.8) is 0 Å². The molecule has 1 unspecified atom stereocenters. The van der Waals surface area contributed by atoms with Gasteiger partial charge in [-0.2, -0.15) is 0 Å². The Hall–Kier alpha value is -2.40. The van der Waals surface area contributed by atoms with Crippen molar-refractivity contribution in [1.29, 1.82) is 0 Å². The van der Waals surface area contributed by atoms with Crippen LogP contribution >= 0.6 is 0 Å². The minimum atomic E-state index is -0.354. The van der Waals surface area contributed by atoms with Crippen LogP contribution in [-0.4, -0.2) is 56.5 Å². The van der Waals surface area contributed by atoms with Crippen LogP contribution in [0.15, 0.2) is 42.5 Å². The van der Waals surface area contributed by atoms with E-state index in [4.69, 9.17) is 4.74 Å². The predicted molar refractivity (Wildman–Crippen MR) is 103 cm³/mol. The van der Waals surface area contributed by atoms with E-state index in [0.29, 0.717) is 34.3 Å². The van der Waals surface area contributed by atoms with Crippen LogP contribution in [0.25, 0.3) is 11.1 Å². The van der Waals surface area contributed by atoms with Crippen LogP contribution in [0.3, 0.4) is 0 Å². The van der Waals surface area contributed by atoms with Crippen LogP contribution < -0.4 is 4.74 Å². The van der Waals surface area contributed by atoms with Crippen LogP contribution in [0.1, 0.15) is 10.4 Å². The van der Waals surface area contributed by atoms with Gasteiger partial charge < -0.3 is 14.5 Å². The Morgan fingerprint density at radius 3 is 2.56 bits per heavy atom. The molecule has 1 saturated carbocycles. The van der Waals surface area contributed by atoms with Gasteiger partial charge in [0.2, 0.25) is 0 Å². The average molecular weight is 368 g/mol. The molecule has 4 nitrogen and oxygen atoms in total. The number of nitrogens with zero attached hydrogens (tertiary/aromatic N) is 2. The molecule has 142 valence electrons. The number of piperidine rings is 1. The molecule has 27 heavy (non-hydrogen) atoms. The van der Waals surface area contributed by atoms with E-state index in [2.05, 4.69) is 19.0 Å². The van der Waals surface area contributed by atoms with E-state index in [9.17, 15) is 9.18 Å². The molecule has 1 saturated heterocycles. The third-order valence-electron chi connectivity index (χ3n) is 5.83. The molecule has 1 aliphatic carbocycles. The fourth-order valence-electron chi connectivity index (χ4n) is 4.37. The summed E-state index contributed by atoms with van der Waals surface area (Å²) in [6.07, 6.45) is 0. The first-order chi connectivity index (χ1) is 13.0. The molecule has 3 atom stereocenters. The number of likely N-dealkylation sites (tertiary alicyclic amines) is 1. The van der Waals surface area contributed by atoms with E-state index in [1.165, 1.54) is 13.2 Å². The first-order valence-corrected chi connectivity index (χ1v) is 9.36. The molecule has 0 spiro atoms. The van der Waals surface area contributed by atoms with Crippen molar-refractivity contribution < 1.29 is 13.9 Å². The number of rotatable bonds is 5. The van der Waals surface area contributed by atoms with Crippen LogP contribution in [0.4, 0.5) is 4.39 Å². The molecule has 1 heterocycles. The zero-order valence-electron chi connectivity index (χ0n) is 16.0. The lowest BCUT2D eigenvalue weighted by Crippen LogP contribution is -2.33. The van der Waals surface area contributed by atoms with Crippen molar-refractivity contribution in [2.45, 2.75) is 0 Å². The molecule has 2 aliphatic rings. The monoisotopic (exact) mass is 368 g/mol. The van der Waals surface area contributed by atoms with Crippen LogP contribution in [0.2, 0.25) is 0 Å². The molecule has 0 bridgehead atoms. The SMILES string of the molecule is COc1ccc(-c2cccc(C(=O)N3C[C@@H]4C(CN(C)C)[C@@H]4C3)c2)c(F)c1. The predicted octanol–water partition coefficient (Wildman–Crippen LogP) is 3.38. The van der Waals surface area contributed by atoms with E-state index in [0.717, 1.165) is 25.6 Å². The third kappa shape index (κ3) is 3.44. The maximum Gasteiger partial charge on any atom is 0.253 e. The summed E-state index contributed by atoms with van der Waals surface area (Å²) in [4.78, 5) is 17.1. The molecule has 0 radical (unpaired) electrons. The first kappa shape index (κ1) is 18.0. The Labute approximate surface area is 159 Å². The van der Waals surface area contributed by atoms with Gasteiger partial charge in [-0.1, -0.05) is 12.1 Å². The van der Waals surface area contributed by atoms with Crippen molar-refractivity contribution in [2.24, 2.45) is 17.8 Å². The Balaban J connectivity index is 1.48. The van der Waals surface area contributed by atoms with Crippen molar-refractivity contribution >= 4 is 5.91 Å². The van der Waals surface area contributed by atoms with Gasteiger partial charge in [-0.3, -0.25) is 4.79 Å². The number of fused-ring (bicyclic) bond motifs is 1. The number of hydrogen-bond donors (Lipinski definition) is 0. The van der Waals surface area contributed by atoms with Gasteiger partial charge in [-0.25, -0.2) is 4.39 Å².